The van der Waals surface area contributed by atoms with Crippen LogP contribution in [-0.2, 0) is 6.54 Å². The molecule has 0 fully saturated rings. The highest BCUT2D eigenvalue weighted by Crippen LogP contribution is 2.19. The van der Waals surface area contributed by atoms with Gasteiger partial charge in [0.2, 0.25) is 0 Å². The minimum absolute atomic E-state index is 0.250. The van der Waals surface area contributed by atoms with Crippen LogP contribution in [0.25, 0.3) is 0 Å². The van der Waals surface area contributed by atoms with Crippen molar-refractivity contribution in [3.05, 3.63) is 45.4 Å². The molecular formula is C13H13F2N3OS. The van der Waals surface area contributed by atoms with E-state index >= 15 is 0 Å². The van der Waals surface area contributed by atoms with Crippen molar-refractivity contribution >= 4 is 22.9 Å². The Hall–Kier alpha value is -2.02. The molecular weight excluding hydrogens is 284 g/mol. The second-order valence-corrected chi connectivity index (χ2v) is 5.43. The summed E-state index contributed by atoms with van der Waals surface area (Å²) in [5.41, 5.74) is 5.57. The zero-order valence-corrected chi connectivity index (χ0v) is 11.8. The zero-order chi connectivity index (χ0) is 14.9. The second-order valence-electron chi connectivity index (χ2n) is 4.37. The van der Waals surface area contributed by atoms with Gasteiger partial charge < -0.3 is 10.6 Å². The Labute approximate surface area is 118 Å². The predicted octanol–water partition coefficient (Wildman–Crippen LogP) is 2.58. The summed E-state index contributed by atoms with van der Waals surface area (Å²) in [6, 6.07) is 1.62. The highest BCUT2D eigenvalue weighted by atomic mass is 32.1. The van der Waals surface area contributed by atoms with Crippen LogP contribution in [0.5, 0.6) is 0 Å². The average molecular weight is 297 g/mol. The van der Waals surface area contributed by atoms with Crippen molar-refractivity contribution in [3.8, 4) is 0 Å². The van der Waals surface area contributed by atoms with Crippen LogP contribution >= 0.6 is 11.3 Å². The van der Waals surface area contributed by atoms with Crippen LogP contribution in [0, 0.1) is 18.6 Å². The maximum absolute atomic E-state index is 13.6. The number of aryl methyl sites for hydroxylation is 1. The van der Waals surface area contributed by atoms with Crippen molar-refractivity contribution < 1.29 is 13.6 Å². The second kappa shape index (κ2) is 5.54. The number of aromatic nitrogens is 1. The van der Waals surface area contributed by atoms with Crippen molar-refractivity contribution in [2.75, 3.05) is 12.8 Å². The molecule has 4 nitrogen and oxygen atoms in total. The van der Waals surface area contributed by atoms with Crippen LogP contribution in [0.4, 0.5) is 14.5 Å². The van der Waals surface area contributed by atoms with Crippen LogP contribution in [0.3, 0.4) is 0 Å². The number of benzene rings is 1. The molecule has 2 aromatic rings. The third kappa shape index (κ3) is 2.93. The van der Waals surface area contributed by atoms with Crippen LogP contribution in [0.2, 0.25) is 0 Å². The molecule has 0 aliphatic carbocycles. The summed E-state index contributed by atoms with van der Waals surface area (Å²) in [4.78, 5) is 17.7. The first-order valence-corrected chi connectivity index (χ1v) is 6.67. The van der Waals surface area contributed by atoms with Gasteiger partial charge in [0.25, 0.3) is 5.91 Å². The van der Waals surface area contributed by atoms with Crippen LogP contribution in [-0.4, -0.2) is 22.8 Å². The SMILES string of the molecule is Cc1nc(CN(C)C(=O)c2cc(N)c(F)cc2F)cs1. The zero-order valence-electron chi connectivity index (χ0n) is 11.0. The number of nitrogens with zero attached hydrogens (tertiary/aromatic N) is 2. The molecule has 0 saturated carbocycles. The number of hydrogen-bond donors (Lipinski definition) is 1. The number of halogens is 2. The normalized spacial score (nSPS) is 10.6. The first-order valence-electron chi connectivity index (χ1n) is 5.79. The van der Waals surface area contributed by atoms with E-state index in [0.29, 0.717) is 6.07 Å². The Morgan fingerprint density at radius 2 is 2.10 bits per heavy atom. The number of thiazole rings is 1. The van der Waals surface area contributed by atoms with Crippen LogP contribution in [0.15, 0.2) is 17.5 Å². The topological polar surface area (TPSA) is 59.2 Å². The molecule has 1 amide bonds. The van der Waals surface area contributed by atoms with Crippen molar-refractivity contribution in [2.45, 2.75) is 13.5 Å². The standard InChI is InChI=1S/C13H13F2N3OS/c1-7-17-8(6-20-7)5-18(2)13(19)9-3-12(16)11(15)4-10(9)14/h3-4,6H,5,16H2,1-2H3. The lowest BCUT2D eigenvalue weighted by molar-refractivity contribution is 0.0779. The molecule has 7 heteroatoms. The Morgan fingerprint density at radius 1 is 1.40 bits per heavy atom. The Kier molecular flexibility index (Phi) is 3.99. The molecule has 0 spiro atoms. The van der Waals surface area contributed by atoms with E-state index in [0.717, 1.165) is 16.8 Å². The largest absolute Gasteiger partial charge is 0.396 e. The third-order valence-electron chi connectivity index (χ3n) is 2.73. The van der Waals surface area contributed by atoms with Gasteiger partial charge in [-0.05, 0) is 13.0 Å². The lowest BCUT2D eigenvalue weighted by Crippen LogP contribution is -2.27. The number of amides is 1. The number of hydrogen-bond acceptors (Lipinski definition) is 4. The maximum Gasteiger partial charge on any atom is 0.257 e. The first-order chi connectivity index (χ1) is 9.38. The summed E-state index contributed by atoms with van der Waals surface area (Å²) in [5, 5.41) is 2.71. The summed E-state index contributed by atoms with van der Waals surface area (Å²) >= 11 is 1.47. The molecule has 0 saturated heterocycles. The number of nitrogens with two attached hydrogens (primary N) is 1. The van der Waals surface area contributed by atoms with Crippen molar-refractivity contribution in [2.24, 2.45) is 0 Å². The highest BCUT2D eigenvalue weighted by molar-refractivity contribution is 7.09. The van der Waals surface area contributed by atoms with Gasteiger partial charge in [0.15, 0.2) is 0 Å². The molecule has 106 valence electrons. The quantitative estimate of drug-likeness (QED) is 0.886. The fourth-order valence-electron chi connectivity index (χ4n) is 1.73. The summed E-state index contributed by atoms with van der Waals surface area (Å²) in [7, 11) is 1.52. The van der Waals surface area contributed by atoms with Gasteiger partial charge >= 0.3 is 0 Å². The molecule has 1 aromatic carbocycles. The molecule has 0 unspecified atom stereocenters. The van der Waals surface area contributed by atoms with E-state index in [9.17, 15) is 13.6 Å². The van der Waals surface area contributed by atoms with Gasteiger partial charge in [-0.15, -0.1) is 11.3 Å². The van der Waals surface area contributed by atoms with E-state index in [-0.39, 0.29) is 17.8 Å². The minimum atomic E-state index is -0.928. The van der Waals surface area contributed by atoms with Gasteiger partial charge in [-0.25, -0.2) is 13.8 Å². The Bertz CT molecular complexity index is 657. The van der Waals surface area contributed by atoms with Gasteiger partial charge in [-0.3, -0.25) is 4.79 Å². The fourth-order valence-corrected chi connectivity index (χ4v) is 2.33. The molecule has 0 radical (unpaired) electrons. The molecule has 0 atom stereocenters. The van der Waals surface area contributed by atoms with Gasteiger partial charge in [0, 0.05) is 18.5 Å². The summed E-state index contributed by atoms with van der Waals surface area (Å²) in [6.45, 7) is 2.11. The first kappa shape index (κ1) is 14.4. The van der Waals surface area contributed by atoms with Crippen molar-refractivity contribution in [1.29, 1.82) is 0 Å². The molecule has 1 heterocycles. The fraction of sp³-hybridized carbons (Fsp3) is 0.231. The molecule has 0 bridgehead atoms. The van der Waals surface area contributed by atoms with E-state index in [1.807, 2.05) is 12.3 Å². The van der Waals surface area contributed by atoms with E-state index in [4.69, 9.17) is 5.73 Å². The molecule has 0 aliphatic heterocycles. The van der Waals surface area contributed by atoms with Gasteiger partial charge in [0.1, 0.15) is 11.6 Å². The number of nitrogen functional groups attached to an aromatic ring is 1. The lowest BCUT2D eigenvalue weighted by Gasteiger charge is -2.16. The minimum Gasteiger partial charge on any atom is -0.396 e. The monoisotopic (exact) mass is 297 g/mol. The molecule has 2 rings (SSSR count). The van der Waals surface area contributed by atoms with Gasteiger partial charge in [0.05, 0.1) is 28.5 Å². The highest BCUT2D eigenvalue weighted by Gasteiger charge is 2.19. The van der Waals surface area contributed by atoms with Crippen molar-refractivity contribution in [1.82, 2.24) is 9.88 Å². The summed E-state index contributed by atoms with van der Waals surface area (Å²) < 4.78 is 26.7. The number of carbonyl (C=O) groups is 1. The van der Waals surface area contributed by atoms with E-state index < -0.39 is 17.5 Å². The lowest BCUT2D eigenvalue weighted by atomic mass is 10.1. The maximum atomic E-state index is 13.6. The average Bonchev–Trinajstić information content (AvgIpc) is 2.78. The Morgan fingerprint density at radius 3 is 2.70 bits per heavy atom. The molecule has 1 aromatic heterocycles. The number of carbonyl (C=O) groups excluding carboxylic acids is 1. The molecule has 20 heavy (non-hydrogen) atoms. The smallest absolute Gasteiger partial charge is 0.257 e. The van der Waals surface area contributed by atoms with Crippen LogP contribution in [0.1, 0.15) is 21.1 Å². The predicted molar refractivity (Wildman–Crippen MR) is 73.4 cm³/mol. The van der Waals surface area contributed by atoms with Crippen LogP contribution < -0.4 is 5.73 Å². The van der Waals surface area contributed by atoms with Gasteiger partial charge in [-0.1, -0.05) is 0 Å². The van der Waals surface area contributed by atoms with E-state index in [2.05, 4.69) is 4.98 Å². The number of anilines is 1. The summed E-state index contributed by atoms with van der Waals surface area (Å²) in [5.74, 6) is -2.38. The third-order valence-corrected chi connectivity index (χ3v) is 3.55. The van der Waals surface area contributed by atoms with E-state index in [1.54, 1.807) is 0 Å². The molecule has 0 aliphatic rings. The van der Waals surface area contributed by atoms with E-state index in [1.165, 1.54) is 23.3 Å². The number of rotatable bonds is 3. The summed E-state index contributed by atoms with van der Waals surface area (Å²) in [6.07, 6.45) is 0. The Balaban J connectivity index is 2.20. The molecule has 2 N–H and O–H groups in total. The van der Waals surface area contributed by atoms with Crippen molar-refractivity contribution in [3.63, 3.8) is 0 Å². The van der Waals surface area contributed by atoms with Gasteiger partial charge in [-0.2, -0.15) is 0 Å².